The Bertz CT molecular complexity index is 593. The number of nitrogens with zero attached hydrogens (tertiary/aromatic N) is 1. The summed E-state index contributed by atoms with van der Waals surface area (Å²) in [4.78, 5) is 36.0. The lowest BCUT2D eigenvalue weighted by molar-refractivity contribution is -0.128. The Morgan fingerprint density at radius 1 is 1.13 bits per heavy atom. The lowest BCUT2D eigenvalue weighted by Crippen LogP contribution is -2.36. The Morgan fingerprint density at radius 3 is 2.43 bits per heavy atom. The molecule has 1 heterocycles. The SMILES string of the molecule is O=C(CN1C(=O)CSC1=O)Nc1ccc(C2CCCCC2)cc1. The first-order valence-corrected chi connectivity index (χ1v) is 8.99. The van der Waals surface area contributed by atoms with E-state index >= 15 is 0 Å². The second-order valence-corrected chi connectivity index (χ2v) is 6.97. The first-order chi connectivity index (χ1) is 11.1. The van der Waals surface area contributed by atoms with Gasteiger partial charge in [-0.25, -0.2) is 0 Å². The second kappa shape index (κ2) is 7.17. The monoisotopic (exact) mass is 332 g/mol. The molecule has 1 aliphatic heterocycles. The first kappa shape index (κ1) is 16.1. The topological polar surface area (TPSA) is 66.5 Å². The summed E-state index contributed by atoms with van der Waals surface area (Å²) in [5.74, 6) is 0.107. The molecular weight excluding hydrogens is 312 g/mol. The van der Waals surface area contributed by atoms with Crippen LogP contribution in [0.2, 0.25) is 0 Å². The molecule has 0 aromatic heterocycles. The summed E-state index contributed by atoms with van der Waals surface area (Å²) in [6.45, 7) is -0.213. The number of benzene rings is 1. The van der Waals surface area contributed by atoms with E-state index in [1.165, 1.54) is 37.7 Å². The van der Waals surface area contributed by atoms with Crippen LogP contribution in [0, 0.1) is 0 Å². The number of carbonyl (C=O) groups excluding carboxylic acids is 3. The Hall–Kier alpha value is -1.82. The Balaban J connectivity index is 1.56. The van der Waals surface area contributed by atoms with Crippen molar-refractivity contribution in [1.82, 2.24) is 4.90 Å². The normalized spacial score (nSPS) is 19.2. The average molecular weight is 332 g/mol. The lowest BCUT2D eigenvalue weighted by Gasteiger charge is -2.22. The van der Waals surface area contributed by atoms with Crippen LogP contribution in [0.1, 0.15) is 43.6 Å². The smallest absolute Gasteiger partial charge is 0.289 e. The second-order valence-electron chi connectivity index (χ2n) is 6.04. The van der Waals surface area contributed by atoms with Crippen molar-refractivity contribution < 1.29 is 14.4 Å². The fraction of sp³-hybridized carbons (Fsp3) is 0.471. The number of anilines is 1. The Labute approximate surface area is 139 Å². The highest BCUT2D eigenvalue weighted by Crippen LogP contribution is 2.32. The van der Waals surface area contributed by atoms with E-state index in [1.807, 2.05) is 12.1 Å². The molecule has 1 aliphatic carbocycles. The minimum atomic E-state index is -0.349. The van der Waals surface area contributed by atoms with Crippen LogP contribution in [0.5, 0.6) is 0 Å². The highest BCUT2D eigenvalue weighted by Gasteiger charge is 2.31. The molecule has 0 radical (unpaired) electrons. The maximum Gasteiger partial charge on any atom is 0.289 e. The maximum atomic E-state index is 12.0. The Morgan fingerprint density at radius 2 is 1.83 bits per heavy atom. The molecule has 2 aliphatic rings. The van der Waals surface area contributed by atoms with Crippen LogP contribution in [0.25, 0.3) is 0 Å². The summed E-state index contributed by atoms with van der Waals surface area (Å²) >= 11 is 0.937. The van der Waals surface area contributed by atoms with Crippen LogP contribution in [-0.2, 0) is 9.59 Å². The van der Waals surface area contributed by atoms with Crippen molar-refractivity contribution in [3.8, 4) is 0 Å². The molecule has 2 fully saturated rings. The fourth-order valence-corrected chi connectivity index (χ4v) is 3.88. The third-order valence-corrected chi connectivity index (χ3v) is 5.27. The third kappa shape index (κ3) is 3.93. The summed E-state index contributed by atoms with van der Waals surface area (Å²) in [6, 6.07) is 7.91. The van der Waals surface area contributed by atoms with Crippen molar-refractivity contribution in [3.05, 3.63) is 29.8 Å². The summed E-state index contributed by atoms with van der Waals surface area (Å²) < 4.78 is 0. The summed E-state index contributed by atoms with van der Waals surface area (Å²) in [6.07, 6.45) is 6.39. The molecule has 122 valence electrons. The number of carbonyl (C=O) groups is 3. The van der Waals surface area contributed by atoms with Gasteiger partial charge in [-0.2, -0.15) is 0 Å². The number of amides is 3. The number of hydrogen-bond donors (Lipinski definition) is 1. The number of imide groups is 1. The molecule has 3 amide bonds. The van der Waals surface area contributed by atoms with Gasteiger partial charge in [0.1, 0.15) is 6.54 Å². The quantitative estimate of drug-likeness (QED) is 0.918. The predicted molar refractivity (Wildman–Crippen MR) is 90.5 cm³/mol. The van der Waals surface area contributed by atoms with E-state index in [2.05, 4.69) is 17.4 Å². The van der Waals surface area contributed by atoms with Crippen molar-refractivity contribution >= 4 is 34.5 Å². The van der Waals surface area contributed by atoms with Crippen molar-refractivity contribution in [2.24, 2.45) is 0 Å². The van der Waals surface area contributed by atoms with Gasteiger partial charge in [0.25, 0.3) is 5.24 Å². The first-order valence-electron chi connectivity index (χ1n) is 8.00. The predicted octanol–water partition coefficient (Wildman–Crippen LogP) is 3.37. The molecule has 0 bridgehead atoms. The van der Waals surface area contributed by atoms with Crippen LogP contribution in [0.4, 0.5) is 10.5 Å². The molecule has 0 atom stereocenters. The van der Waals surface area contributed by atoms with Gasteiger partial charge in [-0.05, 0) is 36.5 Å². The van der Waals surface area contributed by atoms with Crippen molar-refractivity contribution in [1.29, 1.82) is 0 Å². The van der Waals surface area contributed by atoms with Gasteiger partial charge < -0.3 is 5.32 Å². The van der Waals surface area contributed by atoms with E-state index in [9.17, 15) is 14.4 Å². The molecular formula is C17H20N2O3S. The maximum absolute atomic E-state index is 12.0. The van der Waals surface area contributed by atoms with E-state index in [0.29, 0.717) is 11.6 Å². The molecule has 1 N–H and O–H groups in total. The van der Waals surface area contributed by atoms with E-state index < -0.39 is 0 Å². The lowest BCUT2D eigenvalue weighted by atomic mass is 9.84. The van der Waals surface area contributed by atoms with E-state index in [4.69, 9.17) is 0 Å². The van der Waals surface area contributed by atoms with E-state index in [0.717, 1.165) is 16.7 Å². The van der Waals surface area contributed by atoms with Gasteiger partial charge in [-0.1, -0.05) is 43.2 Å². The van der Waals surface area contributed by atoms with E-state index in [1.54, 1.807) is 0 Å². The molecule has 5 nitrogen and oxygen atoms in total. The van der Waals surface area contributed by atoms with Crippen molar-refractivity contribution in [2.75, 3.05) is 17.6 Å². The highest BCUT2D eigenvalue weighted by molar-refractivity contribution is 8.14. The third-order valence-electron chi connectivity index (χ3n) is 4.41. The fourth-order valence-electron chi connectivity index (χ4n) is 3.15. The zero-order valence-corrected chi connectivity index (χ0v) is 13.7. The zero-order valence-electron chi connectivity index (χ0n) is 12.9. The standard InChI is InChI=1S/C17H20N2O3S/c20-15(10-19-16(21)11-23-17(19)22)18-14-8-6-13(7-9-14)12-4-2-1-3-5-12/h6-9,12H,1-5,10-11H2,(H,18,20). The van der Waals surface area contributed by atoms with Gasteiger partial charge in [0.05, 0.1) is 5.75 Å². The number of rotatable bonds is 4. The van der Waals surface area contributed by atoms with Gasteiger partial charge in [-0.3, -0.25) is 19.3 Å². The van der Waals surface area contributed by atoms with Crippen LogP contribution in [0.3, 0.4) is 0 Å². The number of nitrogens with one attached hydrogen (secondary N) is 1. The number of hydrogen-bond acceptors (Lipinski definition) is 4. The minimum absolute atomic E-state index is 0.127. The van der Waals surface area contributed by atoms with Crippen LogP contribution in [-0.4, -0.2) is 34.3 Å². The highest BCUT2D eigenvalue weighted by atomic mass is 32.2. The van der Waals surface area contributed by atoms with Gasteiger partial charge in [-0.15, -0.1) is 0 Å². The Kier molecular flexibility index (Phi) is 5.00. The molecule has 1 saturated carbocycles. The van der Waals surface area contributed by atoms with Crippen LogP contribution >= 0.6 is 11.8 Å². The summed E-state index contributed by atoms with van der Waals surface area (Å²) in [7, 11) is 0. The molecule has 3 rings (SSSR count). The largest absolute Gasteiger partial charge is 0.325 e. The molecule has 6 heteroatoms. The molecule has 1 aromatic rings. The van der Waals surface area contributed by atoms with Gasteiger partial charge in [0.15, 0.2) is 0 Å². The van der Waals surface area contributed by atoms with Crippen molar-refractivity contribution in [3.63, 3.8) is 0 Å². The molecule has 23 heavy (non-hydrogen) atoms. The van der Waals surface area contributed by atoms with Crippen LogP contribution < -0.4 is 5.32 Å². The van der Waals surface area contributed by atoms with Gasteiger partial charge in [0.2, 0.25) is 11.8 Å². The van der Waals surface area contributed by atoms with Gasteiger partial charge >= 0.3 is 0 Å². The van der Waals surface area contributed by atoms with E-state index in [-0.39, 0.29) is 29.4 Å². The van der Waals surface area contributed by atoms with Crippen molar-refractivity contribution in [2.45, 2.75) is 38.0 Å². The number of thioether (sulfide) groups is 1. The molecule has 0 unspecified atom stereocenters. The minimum Gasteiger partial charge on any atom is -0.325 e. The molecule has 1 saturated heterocycles. The summed E-state index contributed by atoms with van der Waals surface area (Å²) in [5, 5.41) is 2.40. The summed E-state index contributed by atoms with van der Waals surface area (Å²) in [5.41, 5.74) is 2.02. The molecule has 1 aromatic carbocycles. The van der Waals surface area contributed by atoms with Gasteiger partial charge in [0, 0.05) is 5.69 Å². The average Bonchev–Trinajstić information content (AvgIpc) is 2.88. The zero-order chi connectivity index (χ0) is 16.2. The molecule has 0 spiro atoms. The van der Waals surface area contributed by atoms with Crippen LogP contribution in [0.15, 0.2) is 24.3 Å².